The van der Waals surface area contributed by atoms with Gasteiger partial charge in [0, 0.05) is 40.0 Å². The summed E-state index contributed by atoms with van der Waals surface area (Å²) < 4.78 is 9.05. The van der Waals surface area contributed by atoms with Gasteiger partial charge in [-0.15, -0.1) is 0 Å². The van der Waals surface area contributed by atoms with Crippen molar-refractivity contribution in [2.75, 3.05) is 18.1 Å². The van der Waals surface area contributed by atoms with Crippen LogP contribution in [0.2, 0.25) is 18.6 Å². The van der Waals surface area contributed by atoms with E-state index in [9.17, 15) is 24.3 Å². The summed E-state index contributed by atoms with van der Waals surface area (Å²) in [5.74, 6) is -0.914. The Kier molecular flexibility index (Phi) is 9.78. The molecule has 2 aliphatic rings. The molecule has 2 aliphatic heterocycles. The number of hydrogen-bond donors (Lipinski definition) is 2. The molecule has 0 radical (unpaired) electrons. The number of benzene rings is 4. The number of aromatic nitrogens is 2. The lowest BCUT2D eigenvalue weighted by Crippen LogP contribution is -2.46. The summed E-state index contributed by atoms with van der Waals surface area (Å²) in [4.78, 5) is 57.0. The minimum absolute atomic E-state index is 0.0408. The zero-order valence-electron chi connectivity index (χ0n) is 29.3. The van der Waals surface area contributed by atoms with E-state index in [2.05, 4.69) is 21.0 Å². The van der Waals surface area contributed by atoms with E-state index in [-0.39, 0.29) is 43.5 Å². The fraction of sp³-hybridized carbons (Fsp3) is 0.300. The van der Waals surface area contributed by atoms with E-state index >= 15 is 0 Å². The molecule has 2 N–H and O–H groups in total. The second-order valence-electron chi connectivity index (χ2n) is 14.3. The van der Waals surface area contributed by atoms with Gasteiger partial charge in [0.2, 0.25) is 5.91 Å². The standard InChI is InChI=1S/C40H41BrN4O6Si/c1-26-37(52(2,3)50)35(22-36(47)43(19-20-46)24-27-9-5-4-6-10-27)51-40(26)33-21-30(41)15-18-34(33)44(39(40)49)25-28-13-16-31(17-14-28)45-38(48)32-12-8-7-11-29(32)23-42-45/h4-18,21,23,26,35,37,46,50H,19-20,22,24-25H2,1-3H3/t26-,35+,37-,40+/m0/s1. The minimum atomic E-state index is -3.02. The Morgan fingerprint density at radius 3 is 2.40 bits per heavy atom. The monoisotopic (exact) mass is 780 g/mol. The van der Waals surface area contributed by atoms with Crippen molar-refractivity contribution < 1.29 is 24.2 Å². The van der Waals surface area contributed by atoms with E-state index in [0.717, 1.165) is 21.0 Å². The molecule has 7 rings (SSSR count). The molecule has 4 aromatic carbocycles. The van der Waals surface area contributed by atoms with Crippen molar-refractivity contribution in [3.8, 4) is 5.69 Å². The fourth-order valence-corrected chi connectivity index (χ4v) is 11.0. The largest absolute Gasteiger partial charge is 0.432 e. The fourth-order valence-electron chi connectivity index (χ4n) is 8.12. The second-order valence-corrected chi connectivity index (χ2v) is 19.1. The molecule has 3 heterocycles. The Morgan fingerprint density at radius 2 is 1.69 bits per heavy atom. The second kappa shape index (κ2) is 14.2. The summed E-state index contributed by atoms with van der Waals surface area (Å²) in [5, 5.41) is 15.5. The van der Waals surface area contributed by atoms with Crippen molar-refractivity contribution in [1.29, 1.82) is 0 Å². The van der Waals surface area contributed by atoms with Crippen LogP contribution in [0, 0.1) is 5.92 Å². The number of carbonyl (C=O) groups is 2. The molecule has 4 atom stereocenters. The molecular formula is C40H41BrN4O6Si. The van der Waals surface area contributed by atoms with Crippen LogP contribution >= 0.6 is 15.9 Å². The Bertz CT molecular complexity index is 2190. The Labute approximate surface area is 311 Å². The Hall–Kier alpha value is -4.46. The van der Waals surface area contributed by atoms with Crippen molar-refractivity contribution in [3.05, 3.63) is 135 Å². The van der Waals surface area contributed by atoms with Crippen molar-refractivity contribution in [1.82, 2.24) is 14.7 Å². The van der Waals surface area contributed by atoms with Gasteiger partial charge < -0.3 is 24.4 Å². The predicted molar refractivity (Wildman–Crippen MR) is 205 cm³/mol. The molecular weight excluding hydrogens is 740 g/mol. The molecule has 268 valence electrons. The van der Waals surface area contributed by atoms with Crippen LogP contribution in [-0.4, -0.2) is 64.0 Å². The van der Waals surface area contributed by atoms with Gasteiger partial charge in [-0.05, 0) is 60.6 Å². The van der Waals surface area contributed by atoms with Crippen LogP contribution < -0.4 is 10.5 Å². The lowest BCUT2D eigenvalue weighted by molar-refractivity contribution is -0.150. The molecule has 12 heteroatoms. The summed E-state index contributed by atoms with van der Waals surface area (Å²) in [6.45, 7) is 6.13. The lowest BCUT2D eigenvalue weighted by atomic mass is 9.82. The first kappa shape index (κ1) is 35.9. The van der Waals surface area contributed by atoms with E-state index in [0.29, 0.717) is 28.9 Å². The molecule has 0 saturated carbocycles. The van der Waals surface area contributed by atoms with Crippen LogP contribution in [0.15, 0.2) is 113 Å². The molecule has 1 aromatic heterocycles. The van der Waals surface area contributed by atoms with Crippen LogP contribution in [0.3, 0.4) is 0 Å². The number of amides is 2. The number of ether oxygens (including phenoxy) is 1. The summed E-state index contributed by atoms with van der Waals surface area (Å²) in [6, 6.07) is 30.0. The van der Waals surface area contributed by atoms with Gasteiger partial charge in [0.05, 0.1) is 48.6 Å². The number of rotatable bonds is 10. The molecule has 2 amide bonds. The molecule has 0 bridgehead atoms. The normalized spacial score (nSPS) is 21.2. The molecule has 5 aromatic rings. The lowest BCUT2D eigenvalue weighted by Gasteiger charge is -2.32. The van der Waals surface area contributed by atoms with Gasteiger partial charge in [-0.3, -0.25) is 14.4 Å². The van der Waals surface area contributed by atoms with E-state index < -0.39 is 31.5 Å². The zero-order valence-corrected chi connectivity index (χ0v) is 31.9. The van der Waals surface area contributed by atoms with E-state index in [1.807, 2.05) is 111 Å². The maximum Gasteiger partial charge on any atom is 0.279 e. The third-order valence-electron chi connectivity index (χ3n) is 10.5. The van der Waals surface area contributed by atoms with Gasteiger partial charge in [-0.25, -0.2) is 0 Å². The summed E-state index contributed by atoms with van der Waals surface area (Å²) in [7, 11) is -3.02. The number of halogens is 1. The molecule has 0 aliphatic carbocycles. The number of aliphatic hydroxyl groups is 1. The average Bonchev–Trinajstić information content (AvgIpc) is 3.55. The van der Waals surface area contributed by atoms with E-state index in [1.165, 1.54) is 4.68 Å². The van der Waals surface area contributed by atoms with Gasteiger partial charge in [0.15, 0.2) is 13.9 Å². The number of nitrogens with zero attached hydrogens (tertiary/aromatic N) is 4. The number of carbonyl (C=O) groups excluding carboxylic acids is 2. The van der Waals surface area contributed by atoms with Gasteiger partial charge >= 0.3 is 0 Å². The Balaban J connectivity index is 1.19. The first-order valence-corrected chi connectivity index (χ1v) is 21.2. The molecule has 52 heavy (non-hydrogen) atoms. The first-order valence-electron chi connectivity index (χ1n) is 17.4. The SMILES string of the molecule is C[C@H]1[C@H]([Si](C)(C)O)[C@@H](CC(=O)N(CCO)Cc2ccccc2)O[C@]12C(=O)N(Cc1ccc(-n3ncc4ccccc4c3=O)cc1)c1ccc(Br)cc12. The topological polar surface area (TPSA) is 125 Å². The third kappa shape index (κ3) is 6.43. The summed E-state index contributed by atoms with van der Waals surface area (Å²) >= 11 is 3.61. The molecule has 1 spiro atoms. The molecule has 0 unspecified atom stereocenters. The zero-order chi connectivity index (χ0) is 36.8. The first-order chi connectivity index (χ1) is 24.9. The maximum absolute atomic E-state index is 14.9. The highest BCUT2D eigenvalue weighted by Crippen LogP contribution is 2.60. The quantitative estimate of drug-likeness (QED) is 0.169. The number of anilines is 1. The highest BCUT2D eigenvalue weighted by molar-refractivity contribution is 9.10. The van der Waals surface area contributed by atoms with Gasteiger partial charge in [0.1, 0.15) is 0 Å². The van der Waals surface area contributed by atoms with Gasteiger partial charge in [0.25, 0.3) is 11.5 Å². The summed E-state index contributed by atoms with van der Waals surface area (Å²) in [6.07, 6.45) is 0.901. The maximum atomic E-state index is 14.9. The Morgan fingerprint density at radius 1 is 0.981 bits per heavy atom. The molecule has 1 saturated heterocycles. The minimum Gasteiger partial charge on any atom is -0.432 e. The van der Waals surface area contributed by atoms with Crippen molar-refractivity contribution in [3.63, 3.8) is 0 Å². The highest BCUT2D eigenvalue weighted by Gasteiger charge is 2.66. The third-order valence-corrected chi connectivity index (χ3v) is 13.5. The average molecular weight is 782 g/mol. The van der Waals surface area contributed by atoms with E-state index in [4.69, 9.17) is 4.74 Å². The van der Waals surface area contributed by atoms with Gasteiger partial charge in [-0.2, -0.15) is 9.78 Å². The van der Waals surface area contributed by atoms with E-state index in [1.54, 1.807) is 22.1 Å². The van der Waals surface area contributed by atoms with Crippen molar-refractivity contribution in [2.24, 2.45) is 5.92 Å². The van der Waals surface area contributed by atoms with Crippen LogP contribution in [0.25, 0.3) is 16.5 Å². The van der Waals surface area contributed by atoms with Crippen LogP contribution in [0.1, 0.15) is 30.0 Å². The van der Waals surface area contributed by atoms with Crippen LogP contribution in [0.4, 0.5) is 5.69 Å². The molecule has 10 nitrogen and oxygen atoms in total. The number of hydrogen-bond acceptors (Lipinski definition) is 7. The number of aliphatic hydroxyl groups excluding tert-OH is 1. The van der Waals surface area contributed by atoms with Crippen LogP contribution in [-0.2, 0) is 33.0 Å². The van der Waals surface area contributed by atoms with Crippen LogP contribution in [0.5, 0.6) is 0 Å². The highest BCUT2D eigenvalue weighted by atomic mass is 79.9. The summed E-state index contributed by atoms with van der Waals surface area (Å²) in [5.41, 5.74) is 1.69. The van der Waals surface area contributed by atoms with Gasteiger partial charge in [-0.1, -0.05) is 83.5 Å². The van der Waals surface area contributed by atoms with Crippen molar-refractivity contribution in [2.45, 2.75) is 56.8 Å². The smallest absolute Gasteiger partial charge is 0.279 e. The predicted octanol–water partition coefficient (Wildman–Crippen LogP) is 5.90. The molecule has 1 fully saturated rings. The van der Waals surface area contributed by atoms with Crippen molar-refractivity contribution >= 4 is 52.5 Å². The number of fused-ring (bicyclic) bond motifs is 3.